The van der Waals surface area contributed by atoms with E-state index in [1.54, 1.807) is 0 Å². The molecule has 1 aliphatic heterocycles. The van der Waals surface area contributed by atoms with Crippen LogP contribution in [0.5, 0.6) is 0 Å². The van der Waals surface area contributed by atoms with Gasteiger partial charge in [0.2, 0.25) is 0 Å². The summed E-state index contributed by atoms with van der Waals surface area (Å²) in [7, 11) is 0. The number of nitro groups is 1. The highest BCUT2D eigenvalue weighted by Crippen LogP contribution is 2.34. The number of amides is 1. The van der Waals surface area contributed by atoms with Crippen molar-refractivity contribution in [1.29, 1.82) is 0 Å². The van der Waals surface area contributed by atoms with Crippen molar-refractivity contribution in [2.75, 3.05) is 5.01 Å². The second-order valence-electron chi connectivity index (χ2n) is 6.98. The van der Waals surface area contributed by atoms with Gasteiger partial charge in [-0.2, -0.15) is 23.3 Å². The van der Waals surface area contributed by atoms with E-state index in [0.717, 1.165) is 30.3 Å². The van der Waals surface area contributed by atoms with Crippen LogP contribution in [0.25, 0.3) is 17.4 Å². The molecule has 2 aromatic carbocycles. The Hall–Kier alpha value is -4.74. The molecule has 0 bridgehead atoms. The molecule has 0 radical (unpaired) electrons. The molecule has 0 saturated heterocycles. The Balaban J connectivity index is 1.69. The minimum Gasteiger partial charge on any atom is -0.478 e. The first-order valence-corrected chi connectivity index (χ1v) is 9.45. The lowest BCUT2D eigenvalue weighted by Crippen LogP contribution is -2.25. The molecule has 1 amide bonds. The highest BCUT2D eigenvalue weighted by molar-refractivity contribution is 6.34. The van der Waals surface area contributed by atoms with E-state index in [4.69, 9.17) is 9.52 Å². The first kappa shape index (κ1) is 22.5. The van der Waals surface area contributed by atoms with Gasteiger partial charge in [-0.25, -0.2) is 4.79 Å². The van der Waals surface area contributed by atoms with Crippen molar-refractivity contribution in [3.05, 3.63) is 87.7 Å². The number of furan rings is 1. The van der Waals surface area contributed by atoms with Crippen LogP contribution in [-0.2, 0) is 4.79 Å². The van der Waals surface area contributed by atoms with Crippen LogP contribution >= 0.6 is 0 Å². The molecule has 0 spiro atoms. The maximum atomic E-state index is 13.6. The van der Waals surface area contributed by atoms with Gasteiger partial charge in [0.15, 0.2) is 5.71 Å². The van der Waals surface area contributed by atoms with Gasteiger partial charge in [0.05, 0.1) is 21.7 Å². The van der Waals surface area contributed by atoms with Crippen LogP contribution in [0.15, 0.2) is 75.8 Å². The summed E-state index contributed by atoms with van der Waals surface area (Å²) >= 11 is 0. The van der Waals surface area contributed by atoms with Crippen molar-refractivity contribution >= 4 is 35.0 Å². The van der Waals surface area contributed by atoms with E-state index in [1.807, 2.05) is 0 Å². The number of hydrogen-bond donors (Lipinski definition) is 1. The van der Waals surface area contributed by atoms with Gasteiger partial charge in [-0.3, -0.25) is 14.9 Å². The molecule has 3 aromatic rings. The summed E-state index contributed by atoms with van der Waals surface area (Å²) < 4.78 is 46.3. The summed E-state index contributed by atoms with van der Waals surface area (Å²) in [5, 5.41) is 23.8. The topological polar surface area (TPSA) is 126 Å². The standard InChI is InChI=1S/C22H12F3N3O6/c23-22(24,25)19-17(20(29)27(26-19)14-6-4-12(5-7-14)21(30)31)11-16-8-9-18(34-16)13-2-1-3-15(10-13)28(32)33/h1-11H,(H,30,31). The zero-order chi connectivity index (χ0) is 24.6. The van der Waals surface area contributed by atoms with Crippen molar-refractivity contribution < 1.29 is 37.2 Å². The number of halogens is 3. The fourth-order valence-electron chi connectivity index (χ4n) is 3.17. The van der Waals surface area contributed by atoms with Gasteiger partial charge in [-0.05, 0) is 42.5 Å². The average Bonchev–Trinajstić information content (AvgIpc) is 3.39. The van der Waals surface area contributed by atoms with Crippen molar-refractivity contribution in [1.82, 2.24) is 0 Å². The lowest BCUT2D eigenvalue weighted by atomic mass is 10.1. The van der Waals surface area contributed by atoms with Gasteiger partial charge < -0.3 is 9.52 Å². The number of carbonyl (C=O) groups is 2. The normalized spacial score (nSPS) is 15.0. The van der Waals surface area contributed by atoms with E-state index in [2.05, 4.69) is 5.10 Å². The van der Waals surface area contributed by atoms with E-state index in [1.165, 1.54) is 36.4 Å². The van der Waals surface area contributed by atoms with Crippen LogP contribution < -0.4 is 5.01 Å². The van der Waals surface area contributed by atoms with Gasteiger partial charge in [0.1, 0.15) is 11.5 Å². The smallest absolute Gasteiger partial charge is 0.435 e. The number of nitro benzene ring substituents is 1. The van der Waals surface area contributed by atoms with Crippen LogP contribution in [0, 0.1) is 10.1 Å². The van der Waals surface area contributed by atoms with Gasteiger partial charge in [-0.15, -0.1) is 0 Å². The Morgan fingerprint density at radius 3 is 2.44 bits per heavy atom. The molecule has 0 unspecified atom stereocenters. The molecule has 4 rings (SSSR count). The summed E-state index contributed by atoms with van der Waals surface area (Å²) in [4.78, 5) is 34.1. The van der Waals surface area contributed by atoms with Gasteiger partial charge in [0.25, 0.3) is 11.6 Å². The molecule has 1 aromatic heterocycles. The second kappa shape index (κ2) is 8.31. The van der Waals surface area contributed by atoms with Gasteiger partial charge >= 0.3 is 12.1 Å². The van der Waals surface area contributed by atoms with Gasteiger partial charge in [-0.1, -0.05) is 12.1 Å². The number of alkyl halides is 3. The zero-order valence-corrected chi connectivity index (χ0v) is 16.8. The molecule has 0 fully saturated rings. The third-order valence-corrected chi connectivity index (χ3v) is 4.76. The molecule has 172 valence electrons. The second-order valence-corrected chi connectivity index (χ2v) is 6.98. The quantitative estimate of drug-likeness (QED) is 0.320. The molecule has 9 nitrogen and oxygen atoms in total. The maximum absolute atomic E-state index is 13.6. The summed E-state index contributed by atoms with van der Waals surface area (Å²) in [5.41, 5.74) is -2.28. The predicted octanol–water partition coefficient (Wildman–Crippen LogP) is 4.90. The maximum Gasteiger partial charge on any atom is 0.435 e. The van der Waals surface area contributed by atoms with Crippen molar-refractivity contribution in [2.45, 2.75) is 6.18 Å². The van der Waals surface area contributed by atoms with Crippen molar-refractivity contribution in [2.24, 2.45) is 5.10 Å². The fraction of sp³-hybridized carbons (Fsp3) is 0.0455. The zero-order valence-electron chi connectivity index (χ0n) is 16.8. The van der Waals surface area contributed by atoms with Crippen LogP contribution in [0.1, 0.15) is 16.1 Å². The lowest BCUT2D eigenvalue weighted by Gasteiger charge is -2.11. The number of hydrazone groups is 1. The Kier molecular flexibility index (Phi) is 5.49. The largest absolute Gasteiger partial charge is 0.478 e. The number of non-ortho nitro benzene ring substituents is 1. The fourth-order valence-corrected chi connectivity index (χ4v) is 3.17. The van der Waals surface area contributed by atoms with Gasteiger partial charge in [0, 0.05) is 17.7 Å². The number of hydrogen-bond acceptors (Lipinski definition) is 6. The van der Waals surface area contributed by atoms with E-state index in [0.29, 0.717) is 10.6 Å². The highest BCUT2D eigenvalue weighted by atomic mass is 19.4. The van der Waals surface area contributed by atoms with Crippen LogP contribution in [-0.4, -0.2) is 33.8 Å². The monoisotopic (exact) mass is 471 g/mol. The molecule has 12 heteroatoms. The SMILES string of the molecule is O=C(O)c1ccc(N2N=C(C(F)(F)F)C(=Cc3ccc(-c4cccc([N+](=O)[O-])c4)o3)C2=O)cc1. The van der Waals surface area contributed by atoms with Crippen LogP contribution in [0.3, 0.4) is 0 Å². The molecule has 0 atom stereocenters. The molecular weight excluding hydrogens is 459 g/mol. The minimum atomic E-state index is -4.97. The molecule has 34 heavy (non-hydrogen) atoms. The third-order valence-electron chi connectivity index (χ3n) is 4.76. The summed E-state index contributed by atoms with van der Waals surface area (Å²) in [6, 6.07) is 12.8. The highest BCUT2D eigenvalue weighted by Gasteiger charge is 2.47. The average molecular weight is 471 g/mol. The molecular formula is C22H12F3N3O6. The van der Waals surface area contributed by atoms with Crippen molar-refractivity contribution in [3.8, 4) is 11.3 Å². The number of anilines is 1. The minimum absolute atomic E-state index is 0.0584. The number of carboxylic acid groups (broad SMARTS) is 1. The van der Waals surface area contributed by atoms with E-state index in [9.17, 15) is 32.9 Å². The lowest BCUT2D eigenvalue weighted by molar-refractivity contribution is -0.384. The number of benzene rings is 2. The number of aromatic carboxylic acids is 1. The Morgan fingerprint density at radius 1 is 1.12 bits per heavy atom. The molecule has 1 N–H and O–H groups in total. The Bertz CT molecular complexity index is 1370. The van der Waals surface area contributed by atoms with Crippen LogP contribution in [0.2, 0.25) is 0 Å². The molecule has 1 aliphatic rings. The first-order valence-electron chi connectivity index (χ1n) is 9.45. The Morgan fingerprint density at radius 2 is 1.82 bits per heavy atom. The molecule has 0 saturated carbocycles. The van der Waals surface area contributed by atoms with E-state index < -0.39 is 34.3 Å². The summed E-state index contributed by atoms with van der Waals surface area (Å²) in [6.07, 6.45) is -4.09. The number of carbonyl (C=O) groups excluding carboxylic acids is 1. The molecule has 2 heterocycles. The van der Waals surface area contributed by atoms with Crippen LogP contribution in [0.4, 0.5) is 24.5 Å². The summed E-state index contributed by atoms with van der Waals surface area (Å²) in [6.45, 7) is 0. The summed E-state index contributed by atoms with van der Waals surface area (Å²) in [5.74, 6) is -2.29. The number of rotatable bonds is 5. The first-order chi connectivity index (χ1) is 16.0. The molecule has 0 aliphatic carbocycles. The van der Waals surface area contributed by atoms with E-state index in [-0.39, 0.29) is 28.5 Å². The number of carboxylic acids is 1. The third kappa shape index (κ3) is 4.28. The number of nitrogens with zero attached hydrogens (tertiary/aromatic N) is 3. The van der Waals surface area contributed by atoms with E-state index >= 15 is 0 Å². The predicted molar refractivity (Wildman–Crippen MR) is 113 cm³/mol. The Labute approximate surface area is 188 Å². The van der Waals surface area contributed by atoms with Crippen molar-refractivity contribution in [3.63, 3.8) is 0 Å².